The molecule has 0 aliphatic carbocycles. The number of likely N-dealkylation sites (tertiary alicyclic amines) is 1. The molecule has 1 aliphatic rings. The van der Waals surface area contributed by atoms with Gasteiger partial charge in [-0.25, -0.2) is 14.4 Å². The van der Waals surface area contributed by atoms with E-state index in [4.69, 9.17) is 34.0 Å². The highest BCUT2D eigenvalue weighted by Gasteiger charge is 2.21. The number of rotatable bonds is 14. The Hall–Kier alpha value is -2.85. The van der Waals surface area contributed by atoms with E-state index in [-0.39, 0.29) is 6.10 Å². The van der Waals surface area contributed by atoms with Gasteiger partial charge in [0.25, 0.3) is 0 Å². The fraction of sp³-hybridized carbons (Fsp3) is 0.654. The Morgan fingerprint density at radius 2 is 1.64 bits per heavy atom. The van der Waals surface area contributed by atoms with Crippen molar-refractivity contribution >= 4 is 23.7 Å². The molecule has 1 aromatic rings. The molecule has 204 valence electrons. The lowest BCUT2D eigenvalue weighted by Crippen LogP contribution is -2.41. The Balaban J connectivity index is 0.000000960. The number of hydrogen-bond donors (Lipinski definition) is 3. The van der Waals surface area contributed by atoms with Crippen LogP contribution in [-0.4, -0.2) is 78.7 Å². The highest BCUT2D eigenvalue weighted by atomic mass is 16.6. The van der Waals surface area contributed by atoms with Gasteiger partial charge in [0.2, 0.25) is 0 Å². The maximum atomic E-state index is 12.6. The van der Waals surface area contributed by atoms with Crippen molar-refractivity contribution in [2.45, 2.75) is 71.3 Å². The SMILES string of the molecule is CCCCCCOc1ccccc1NC(=O)OC(COCCC)CN1CCCCC1.O=C(O)C(=O)O. The van der Waals surface area contributed by atoms with E-state index in [2.05, 4.69) is 24.1 Å². The van der Waals surface area contributed by atoms with Crippen LogP contribution in [0.15, 0.2) is 24.3 Å². The summed E-state index contributed by atoms with van der Waals surface area (Å²) in [6, 6.07) is 7.52. The summed E-state index contributed by atoms with van der Waals surface area (Å²) >= 11 is 0. The molecule has 0 bridgehead atoms. The number of hydrogen-bond acceptors (Lipinski definition) is 7. The third kappa shape index (κ3) is 14.5. The lowest BCUT2D eigenvalue weighted by molar-refractivity contribution is -0.159. The Morgan fingerprint density at radius 3 is 2.28 bits per heavy atom. The molecule has 1 heterocycles. The number of unbranched alkanes of at least 4 members (excludes halogenated alkanes) is 3. The molecule has 36 heavy (non-hydrogen) atoms. The van der Waals surface area contributed by atoms with E-state index in [0.29, 0.717) is 37.8 Å². The molecule has 0 spiro atoms. The van der Waals surface area contributed by atoms with Crippen LogP contribution in [0.5, 0.6) is 5.75 Å². The van der Waals surface area contributed by atoms with Gasteiger partial charge >= 0.3 is 18.0 Å². The molecule has 10 nitrogen and oxygen atoms in total. The molecule has 1 fully saturated rings. The molecule has 0 aromatic heterocycles. The number of para-hydroxylation sites is 2. The van der Waals surface area contributed by atoms with Gasteiger partial charge in [0, 0.05) is 13.2 Å². The van der Waals surface area contributed by atoms with Crippen LogP contribution in [0.25, 0.3) is 0 Å². The lowest BCUT2D eigenvalue weighted by atomic mass is 10.1. The van der Waals surface area contributed by atoms with Gasteiger partial charge in [0.05, 0.1) is 18.9 Å². The third-order valence-electron chi connectivity index (χ3n) is 5.40. The van der Waals surface area contributed by atoms with Crippen molar-refractivity contribution in [1.82, 2.24) is 4.90 Å². The minimum absolute atomic E-state index is 0.281. The second-order valence-electron chi connectivity index (χ2n) is 8.60. The maximum absolute atomic E-state index is 12.6. The van der Waals surface area contributed by atoms with E-state index in [1.54, 1.807) is 0 Å². The second-order valence-corrected chi connectivity index (χ2v) is 8.60. The first-order chi connectivity index (χ1) is 17.4. The molecule has 3 N–H and O–H groups in total. The Kier molecular flexibility index (Phi) is 16.8. The van der Waals surface area contributed by atoms with Crippen LogP contribution in [-0.2, 0) is 19.1 Å². The molecule has 1 saturated heterocycles. The topological polar surface area (TPSA) is 135 Å². The number of amides is 1. The van der Waals surface area contributed by atoms with Gasteiger partial charge in [-0.1, -0.05) is 51.7 Å². The van der Waals surface area contributed by atoms with Gasteiger partial charge in [0.15, 0.2) is 0 Å². The van der Waals surface area contributed by atoms with E-state index in [0.717, 1.165) is 32.4 Å². The number of benzene rings is 1. The van der Waals surface area contributed by atoms with Crippen LogP contribution in [0.2, 0.25) is 0 Å². The second kappa shape index (κ2) is 19.4. The summed E-state index contributed by atoms with van der Waals surface area (Å²) in [6.45, 7) is 8.85. The number of piperidine rings is 1. The quantitative estimate of drug-likeness (QED) is 0.242. The molecular formula is C26H42N2O8. The predicted octanol–water partition coefficient (Wildman–Crippen LogP) is 4.63. The summed E-state index contributed by atoms with van der Waals surface area (Å²) in [4.78, 5) is 33.2. The molecule has 1 atom stereocenters. The number of carboxylic acid groups (broad SMARTS) is 2. The van der Waals surface area contributed by atoms with Crippen molar-refractivity contribution in [3.05, 3.63) is 24.3 Å². The average Bonchev–Trinajstić information content (AvgIpc) is 2.86. The number of carbonyl (C=O) groups excluding carboxylic acids is 1. The molecule has 1 aliphatic heterocycles. The van der Waals surface area contributed by atoms with Gasteiger partial charge in [-0.2, -0.15) is 0 Å². The Bertz CT molecular complexity index is 756. The van der Waals surface area contributed by atoms with Gasteiger partial charge in [-0.05, 0) is 50.9 Å². The Morgan fingerprint density at radius 1 is 0.944 bits per heavy atom. The number of nitrogens with zero attached hydrogens (tertiary/aromatic N) is 1. The molecule has 0 radical (unpaired) electrons. The predicted molar refractivity (Wildman–Crippen MR) is 137 cm³/mol. The van der Waals surface area contributed by atoms with Gasteiger partial charge < -0.3 is 24.4 Å². The standard InChI is InChI=1S/C24H40N2O4.C2H2O4/c1-3-5-6-12-18-29-23-14-9-8-13-22(23)25-24(27)30-21(20-28-17-4-2)19-26-15-10-7-11-16-26;3-1(4)2(5)6/h8-9,13-14,21H,3-7,10-12,15-20H2,1-2H3,(H,25,27);(H,3,4)(H,5,6). The summed E-state index contributed by atoms with van der Waals surface area (Å²) in [5.41, 5.74) is 0.643. The van der Waals surface area contributed by atoms with E-state index in [1.165, 1.54) is 32.1 Å². The summed E-state index contributed by atoms with van der Waals surface area (Å²) in [7, 11) is 0. The summed E-state index contributed by atoms with van der Waals surface area (Å²) in [5.74, 6) is -2.97. The molecule has 2 rings (SSSR count). The van der Waals surface area contributed by atoms with Crippen LogP contribution in [0.3, 0.4) is 0 Å². The molecule has 10 heteroatoms. The fourth-order valence-electron chi connectivity index (χ4n) is 3.61. The zero-order chi connectivity index (χ0) is 26.6. The van der Waals surface area contributed by atoms with E-state index in [9.17, 15) is 4.79 Å². The van der Waals surface area contributed by atoms with Gasteiger partial charge in [-0.15, -0.1) is 0 Å². The first-order valence-electron chi connectivity index (χ1n) is 12.8. The molecule has 1 aromatic carbocycles. The molecule has 1 unspecified atom stereocenters. The van der Waals surface area contributed by atoms with Crippen molar-refractivity contribution in [2.24, 2.45) is 0 Å². The monoisotopic (exact) mass is 510 g/mol. The number of aliphatic carboxylic acids is 2. The lowest BCUT2D eigenvalue weighted by Gasteiger charge is -2.30. The fourth-order valence-corrected chi connectivity index (χ4v) is 3.61. The number of anilines is 1. The summed E-state index contributed by atoms with van der Waals surface area (Å²) in [5, 5.41) is 17.6. The zero-order valence-electron chi connectivity index (χ0n) is 21.6. The minimum atomic E-state index is -1.82. The Labute approximate surface area is 213 Å². The number of carbonyl (C=O) groups is 3. The number of ether oxygens (including phenoxy) is 3. The minimum Gasteiger partial charge on any atom is -0.491 e. The normalized spacial score (nSPS) is 14.2. The first kappa shape index (κ1) is 31.2. The van der Waals surface area contributed by atoms with E-state index < -0.39 is 18.0 Å². The molecule has 1 amide bonds. The van der Waals surface area contributed by atoms with Gasteiger partial charge in [0.1, 0.15) is 11.9 Å². The van der Waals surface area contributed by atoms with Crippen molar-refractivity contribution in [1.29, 1.82) is 0 Å². The van der Waals surface area contributed by atoms with Crippen LogP contribution in [0, 0.1) is 0 Å². The number of carboxylic acids is 2. The van der Waals surface area contributed by atoms with Crippen molar-refractivity contribution < 1.29 is 38.8 Å². The van der Waals surface area contributed by atoms with Gasteiger partial charge in [-0.3, -0.25) is 10.2 Å². The average molecular weight is 511 g/mol. The zero-order valence-corrected chi connectivity index (χ0v) is 21.6. The smallest absolute Gasteiger partial charge is 0.414 e. The van der Waals surface area contributed by atoms with Crippen LogP contribution < -0.4 is 10.1 Å². The first-order valence-corrected chi connectivity index (χ1v) is 12.8. The van der Waals surface area contributed by atoms with E-state index >= 15 is 0 Å². The van der Waals surface area contributed by atoms with E-state index in [1.807, 2.05) is 24.3 Å². The van der Waals surface area contributed by atoms with Crippen LogP contribution >= 0.6 is 0 Å². The highest BCUT2D eigenvalue weighted by molar-refractivity contribution is 6.27. The largest absolute Gasteiger partial charge is 0.491 e. The van der Waals surface area contributed by atoms with Crippen molar-refractivity contribution in [3.63, 3.8) is 0 Å². The number of nitrogens with one attached hydrogen (secondary N) is 1. The highest BCUT2D eigenvalue weighted by Crippen LogP contribution is 2.24. The molecular weight excluding hydrogens is 468 g/mol. The molecule has 0 saturated carbocycles. The summed E-state index contributed by atoms with van der Waals surface area (Å²) in [6.07, 6.45) is 8.49. The summed E-state index contributed by atoms with van der Waals surface area (Å²) < 4.78 is 17.3. The maximum Gasteiger partial charge on any atom is 0.414 e. The third-order valence-corrected chi connectivity index (χ3v) is 5.40. The van der Waals surface area contributed by atoms with Crippen LogP contribution in [0.4, 0.5) is 10.5 Å². The van der Waals surface area contributed by atoms with Crippen molar-refractivity contribution in [2.75, 3.05) is 44.8 Å². The van der Waals surface area contributed by atoms with Crippen molar-refractivity contribution in [3.8, 4) is 5.75 Å². The van der Waals surface area contributed by atoms with Crippen LogP contribution in [0.1, 0.15) is 65.2 Å².